The van der Waals surface area contributed by atoms with Gasteiger partial charge in [0.15, 0.2) is 5.75 Å². The summed E-state index contributed by atoms with van der Waals surface area (Å²) < 4.78 is 8.05. The first kappa shape index (κ1) is 12.6. The van der Waals surface area contributed by atoms with Gasteiger partial charge in [0.05, 0.1) is 11.4 Å². The molecule has 20 heavy (non-hydrogen) atoms. The van der Waals surface area contributed by atoms with E-state index in [9.17, 15) is 0 Å². The molecule has 0 fully saturated rings. The van der Waals surface area contributed by atoms with E-state index in [0.717, 1.165) is 10.2 Å². The van der Waals surface area contributed by atoms with Gasteiger partial charge in [0.2, 0.25) is 0 Å². The van der Waals surface area contributed by atoms with Gasteiger partial charge >= 0.3 is 6.01 Å². The summed E-state index contributed by atoms with van der Waals surface area (Å²) in [5, 5.41) is 11.4. The van der Waals surface area contributed by atoms with Crippen LogP contribution in [0.4, 0.5) is 5.69 Å². The van der Waals surface area contributed by atoms with Crippen LogP contribution in [0.1, 0.15) is 0 Å². The third kappa shape index (κ3) is 2.48. The monoisotopic (exact) mass is 331 g/mol. The van der Waals surface area contributed by atoms with E-state index < -0.39 is 0 Å². The maximum Gasteiger partial charge on any atom is 0.345 e. The average Bonchev–Trinajstić information content (AvgIpc) is 2.91. The second kappa shape index (κ2) is 5.30. The number of aromatic nitrogens is 4. The van der Waals surface area contributed by atoms with E-state index in [1.165, 1.54) is 4.68 Å². The fraction of sp³-hybridized carbons (Fsp3) is 0. The number of ether oxygens (including phenoxy) is 1. The molecule has 1 aromatic heterocycles. The van der Waals surface area contributed by atoms with Gasteiger partial charge in [-0.15, -0.1) is 0 Å². The second-order valence-corrected chi connectivity index (χ2v) is 4.91. The number of nitrogens with zero attached hydrogens (tertiary/aromatic N) is 4. The molecule has 0 saturated heterocycles. The van der Waals surface area contributed by atoms with Crippen molar-refractivity contribution in [2.75, 3.05) is 5.73 Å². The Morgan fingerprint density at radius 3 is 2.65 bits per heavy atom. The van der Waals surface area contributed by atoms with E-state index in [4.69, 9.17) is 10.5 Å². The standard InChI is InChI=1S/C13H10BrN5O/c14-9-6-7-12(11(15)8-9)20-13-16-17-18-19(13)10-4-2-1-3-5-10/h1-8H,15H2. The molecule has 0 radical (unpaired) electrons. The number of hydrogen-bond donors (Lipinski definition) is 1. The van der Waals surface area contributed by atoms with Gasteiger partial charge in [0, 0.05) is 4.47 Å². The summed E-state index contributed by atoms with van der Waals surface area (Å²) in [5.74, 6) is 0.500. The van der Waals surface area contributed by atoms with E-state index in [0.29, 0.717) is 11.4 Å². The number of anilines is 1. The molecule has 0 saturated carbocycles. The van der Waals surface area contributed by atoms with E-state index in [2.05, 4.69) is 31.5 Å². The number of nitrogens with two attached hydrogens (primary N) is 1. The maximum atomic E-state index is 5.89. The minimum Gasteiger partial charge on any atom is -0.421 e. The molecule has 0 amide bonds. The summed E-state index contributed by atoms with van der Waals surface area (Å²) in [6.07, 6.45) is 0. The normalized spacial score (nSPS) is 10.4. The van der Waals surface area contributed by atoms with Crippen molar-refractivity contribution in [1.29, 1.82) is 0 Å². The first-order chi connectivity index (χ1) is 9.74. The SMILES string of the molecule is Nc1cc(Br)ccc1Oc1nnnn1-c1ccccc1. The molecule has 0 aliphatic carbocycles. The van der Waals surface area contributed by atoms with Crippen LogP contribution in [0, 0.1) is 0 Å². The van der Waals surface area contributed by atoms with E-state index >= 15 is 0 Å². The van der Waals surface area contributed by atoms with Crippen LogP contribution in [0.3, 0.4) is 0 Å². The molecule has 3 aromatic rings. The highest BCUT2D eigenvalue weighted by molar-refractivity contribution is 9.10. The van der Waals surface area contributed by atoms with Gasteiger partial charge in [-0.3, -0.25) is 0 Å². The second-order valence-electron chi connectivity index (χ2n) is 3.99. The van der Waals surface area contributed by atoms with E-state index in [1.807, 2.05) is 36.4 Å². The van der Waals surface area contributed by atoms with Crippen molar-refractivity contribution in [3.63, 3.8) is 0 Å². The molecule has 0 aliphatic heterocycles. The van der Waals surface area contributed by atoms with Gasteiger partial charge in [-0.25, -0.2) is 0 Å². The molecule has 1 heterocycles. The number of rotatable bonds is 3. The van der Waals surface area contributed by atoms with Crippen molar-refractivity contribution in [3.05, 3.63) is 53.0 Å². The minimum absolute atomic E-state index is 0.255. The Kier molecular flexibility index (Phi) is 3.34. The lowest BCUT2D eigenvalue weighted by Crippen LogP contribution is -2.01. The molecule has 100 valence electrons. The van der Waals surface area contributed by atoms with Gasteiger partial charge in [0.25, 0.3) is 0 Å². The minimum atomic E-state index is 0.255. The van der Waals surface area contributed by atoms with Crippen LogP contribution in [-0.4, -0.2) is 20.2 Å². The fourth-order valence-corrected chi connectivity index (χ4v) is 2.06. The van der Waals surface area contributed by atoms with Gasteiger partial charge in [0.1, 0.15) is 0 Å². The van der Waals surface area contributed by atoms with Gasteiger partial charge in [-0.05, 0) is 40.8 Å². The molecule has 2 aromatic carbocycles. The summed E-state index contributed by atoms with van der Waals surface area (Å²) in [5.41, 5.74) is 7.20. The van der Waals surface area contributed by atoms with Crippen molar-refractivity contribution >= 4 is 21.6 Å². The highest BCUT2D eigenvalue weighted by Gasteiger charge is 2.12. The molecular weight excluding hydrogens is 322 g/mol. The summed E-state index contributed by atoms with van der Waals surface area (Å²) in [4.78, 5) is 0. The van der Waals surface area contributed by atoms with Crippen LogP contribution in [-0.2, 0) is 0 Å². The molecular formula is C13H10BrN5O. The predicted octanol–water partition coefficient (Wildman–Crippen LogP) is 2.80. The molecule has 0 aliphatic rings. The van der Waals surface area contributed by atoms with Crippen LogP contribution < -0.4 is 10.5 Å². The van der Waals surface area contributed by atoms with Crippen molar-refractivity contribution < 1.29 is 4.74 Å². The number of tetrazole rings is 1. The van der Waals surface area contributed by atoms with E-state index in [1.54, 1.807) is 12.1 Å². The lowest BCUT2D eigenvalue weighted by atomic mass is 10.3. The topological polar surface area (TPSA) is 78.8 Å². The maximum absolute atomic E-state index is 5.89. The third-order valence-corrected chi connectivity index (χ3v) is 3.11. The third-order valence-electron chi connectivity index (χ3n) is 2.61. The van der Waals surface area contributed by atoms with Gasteiger partial charge in [-0.1, -0.05) is 39.2 Å². The number of benzene rings is 2. The van der Waals surface area contributed by atoms with Crippen molar-refractivity contribution in [2.24, 2.45) is 0 Å². The quantitative estimate of drug-likeness (QED) is 0.746. The van der Waals surface area contributed by atoms with Crippen LogP contribution in [0.15, 0.2) is 53.0 Å². The summed E-state index contributed by atoms with van der Waals surface area (Å²) in [6, 6.07) is 15.1. The highest BCUT2D eigenvalue weighted by Crippen LogP contribution is 2.29. The highest BCUT2D eigenvalue weighted by atomic mass is 79.9. The molecule has 0 bridgehead atoms. The summed E-state index contributed by atoms with van der Waals surface area (Å²) in [6.45, 7) is 0. The Bertz CT molecular complexity index is 729. The Balaban J connectivity index is 1.95. The smallest absolute Gasteiger partial charge is 0.345 e. The van der Waals surface area contributed by atoms with Gasteiger partial charge in [-0.2, -0.15) is 4.68 Å². The molecule has 0 atom stereocenters. The van der Waals surface area contributed by atoms with E-state index in [-0.39, 0.29) is 6.01 Å². The molecule has 3 rings (SSSR count). The first-order valence-electron chi connectivity index (χ1n) is 5.81. The van der Waals surface area contributed by atoms with Crippen LogP contribution in [0.5, 0.6) is 11.8 Å². The van der Waals surface area contributed by atoms with Crippen molar-refractivity contribution in [1.82, 2.24) is 20.2 Å². The number of halogens is 1. The Morgan fingerprint density at radius 2 is 1.90 bits per heavy atom. The van der Waals surface area contributed by atoms with Crippen LogP contribution in [0.25, 0.3) is 5.69 Å². The fourth-order valence-electron chi connectivity index (χ4n) is 1.68. The predicted molar refractivity (Wildman–Crippen MR) is 77.8 cm³/mol. The molecule has 0 unspecified atom stereocenters. The van der Waals surface area contributed by atoms with Crippen molar-refractivity contribution in [3.8, 4) is 17.4 Å². The Hall–Kier alpha value is -2.41. The largest absolute Gasteiger partial charge is 0.421 e. The zero-order valence-electron chi connectivity index (χ0n) is 10.3. The average molecular weight is 332 g/mol. The summed E-state index contributed by atoms with van der Waals surface area (Å²) in [7, 11) is 0. The Morgan fingerprint density at radius 1 is 1.10 bits per heavy atom. The van der Waals surface area contributed by atoms with Crippen LogP contribution >= 0.6 is 15.9 Å². The Labute approximate surface area is 123 Å². The lowest BCUT2D eigenvalue weighted by Gasteiger charge is -2.08. The first-order valence-corrected chi connectivity index (χ1v) is 6.60. The lowest BCUT2D eigenvalue weighted by molar-refractivity contribution is 0.429. The number of para-hydroxylation sites is 1. The number of nitrogen functional groups attached to an aromatic ring is 1. The molecule has 2 N–H and O–H groups in total. The number of hydrogen-bond acceptors (Lipinski definition) is 5. The zero-order valence-corrected chi connectivity index (χ0v) is 11.9. The molecule has 7 heteroatoms. The summed E-state index contributed by atoms with van der Waals surface area (Å²) >= 11 is 3.34. The molecule has 0 spiro atoms. The van der Waals surface area contributed by atoms with Gasteiger partial charge < -0.3 is 10.5 Å². The van der Waals surface area contributed by atoms with Crippen molar-refractivity contribution in [2.45, 2.75) is 0 Å². The zero-order chi connectivity index (χ0) is 13.9. The molecule has 6 nitrogen and oxygen atoms in total. The van der Waals surface area contributed by atoms with Crippen LogP contribution in [0.2, 0.25) is 0 Å².